The van der Waals surface area contributed by atoms with Crippen molar-refractivity contribution >= 4 is 33.4 Å². The fourth-order valence-electron chi connectivity index (χ4n) is 1.91. The van der Waals surface area contributed by atoms with Crippen LogP contribution < -0.4 is 0 Å². The van der Waals surface area contributed by atoms with E-state index in [1.165, 1.54) is 10.9 Å². The Labute approximate surface area is 98.7 Å². The number of rotatable bonds is 0. The molecule has 78 valence electrons. The normalized spacial score (nSPS) is 11.1. The monoisotopic (exact) mass is 227 g/mol. The number of pyridine rings is 1. The zero-order valence-corrected chi connectivity index (χ0v) is 9.62. The van der Waals surface area contributed by atoms with Gasteiger partial charge in [0.25, 0.3) is 0 Å². The van der Waals surface area contributed by atoms with Crippen LogP contribution in [0.4, 0.5) is 0 Å². The minimum Gasteiger partial charge on any atom is -0.248 e. The van der Waals surface area contributed by atoms with E-state index in [-0.39, 0.29) is 0 Å². The number of hydrogen-bond donors (Lipinski definition) is 0. The predicted molar refractivity (Wildman–Crippen MR) is 69.0 cm³/mol. The molecule has 0 aliphatic rings. The molecule has 0 spiro atoms. The van der Waals surface area contributed by atoms with Gasteiger partial charge in [-0.25, -0.2) is 4.98 Å². The highest BCUT2D eigenvalue weighted by Gasteiger charge is 2.00. The first-order chi connectivity index (χ1) is 7.72. The first-order valence-electron chi connectivity index (χ1n) is 5.19. The number of aryl methyl sites for hydroxylation is 1. The largest absolute Gasteiger partial charge is 0.248 e. The predicted octanol–water partition coefficient (Wildman–Crippen LogP) is 4.35. The molecule has 0 amide bonds. The molecule has 1 heterocycles. The molecule has 0 saturated heterocycles. The minimum atomic E-state index is 0.729. The molecule has 0 aliphatic heterocycles. The van der Waals surface area contributed by atoms with Gasteiger partial charge in [-0.05, 0) is 36.8 Å². The van der Waals surface area contributed by atoms with Crippen molar-refractivity contribution in [2.75, 3.05) is 0 Å². The second-order valence-electron chi connectivity index (χ2n) is 4.02. The molecule has 0 fully saturated rings. The number of nitrogens with zero attached hydrogens (tertiary/aromatic N) is 1. The summed E-state index contributed by atoms with van der Waals surface area (Å²) < 4.78 is 0. The molecule has 0 atom stereocenters. The molecule has 0 aliphatic carbocycles. The third-order valence-corrected chi connectivity index (χ3v) is 2.97. The highest BCUT2D eigenvalue weighted by atomic mass is 35.5. The number of halogens is 1. The number of benzene rings is 2. The average Bonchev–Trinajstić information content (AvgIpc) is 2.26. The van der Waals surface area contributed by atoms with Gasteiger partial charge in [0.1, 0.15) is 0 Å². The van der Waals surface area contributed by atoms with Gasteiger partial charge in [0, 0.05) is 15.8 Å². The van der Waals surface area contributed by atoms with Crippen LogP contribution in [-0.4, -0.2) is 4.98 Å². The van der Waals surface area contributed by atoms with Gasteiger partial charge in [0.15, 0.2) is 0 Å². The lowest BCUT2D eigenvalue weighted by Crippen LogP contribution is -1.83. The second kappa shape index (κ2) is 3.46. The van der Waals surface area contributed by atoms with Crippen LogP contribution in [0.2, 0.25) is 5.02 Å². The summed E-state index contributed by atoms with van der Waals surface area (Å²) in [5.74, 6) is 0. The molecule has 0 saturated carbocycles. The van der Waals surface area contributed by atoms with Crippen molar-refractivity contribution in [1.82, 2.24) is 4.98 Å². The van der Waals surface area contributed by atoms with Gasteiger partial charge >= 0.3 is 0 Å². The molecule has 0 N–H and O–H groups in total. The Morgan fingerprint density at radius 1 is 0.875 bits per heavy atom. The van der Waals surface area contributed by atoms with Crippen LogP contribution in [-0.2, 0) is 0 Å². The Kier molecular flexibility index (Phi) is 2.08. The van der Waals surface area contributed by atoms with Crippen LogP contribution in [0, 0.1) is 6.92 Å². The second-order valence-corrected chi connectivity index (χ2v) is 4.46. The maximum Gasteiger partial charge on any atom is 0.0724 e. The van der Waals surface area contributed by atoms with Crippen LogP contribution in [0.1, 0.15) is 5.56 Å². The third kappa shape index (κ3) is 1.54. The lowest BCUT2D eigenvalue weighted by Gasteiger charge is -2.02. The summed E-state index contributed by atoms with van der Waals surface area (Å²) in [6, 6.07) is 14.2. The standard InChI is InChI=1S/C14H10ClN/c1-9-2-3-10-7-11-4-5-12(15)8-14(11)16-13(10)6-9/h2-8H,1H3. The third-order valence-electron chi connectivity index (χ3n) is 2.73. The van der Waals surface area contributed by atoms with Crippen LogP contribution in [0.5, 0.6) is 0 Å². The maximum absolute atomic E-state index is 5.96. The van der Waals surface area contributed by atoms with E-state index in [1.807, 2.05) is 18.2 Å². The minimum absolute atomic E-state index is 0.729. The lowest BCUT2D eigenvalue weighted by molar-refractivity contribution is 1.44. The summed E-state index contributed by atoms with van der Waals surface area (Å²) in [5.41, 5.74) is 3.20. The molecule has 16 heavy (non-hydrogen) atoms. The van der Waals surface area contributed by atoms with Crippen LogP contribution in [0.25, 0.3) is 21.8 Å². The van der Waals surface area contributed by atoms with Gasteiger partial charge in [-0.15, -0.1) is 0 Å². The van der Waals surface area contributed by atoms with Gasteiger partial charge in [-0.2, -0.15) is 0 Å². The van der Waals surface area contributed by atoms with E-state index in [1.54, 1.807) is 0 Å². The number of fused-ring (bicyclic) bond motifs is 2. The van der Waals surface area contributed by atoms with Gasteiger partial charge in [0.2, 0.25) is 0 Å². The summed E-state index contributed by atoms with van der Waals surface area (Å²) in [5, 5.41) is 3.02. The summed E-state index contributed by atoms with van der Waals surface area (Å²) in [4.78, 5) is 4.61. The van der Waals surface area contributed by atoms with Crippen LogP contribution in [0.3, 0.4) is 0 Å². The van der Waals surface area contributed by atoms with Crippen molar-refractivity contribution in [3.63, 3.8) is 0 Å². The van der Waals surface area contributed by atoms with E-state index in [0.29, 0.717) is 0 Å². The van der Waals surface area contributed by atoms with Gasteiger partial charge in [-0.3, -0.25) is 0 Å². The molecule has 0 bridgehead atoms. The summed E-state index contributed by atoms with van der Waals surface area (Å²) in [7, 11) is 0. The average molecular weight is 228 g/mol. The molecule has 2 aromatic carbocycles. The van der Waals surface area contributed by atoms with Crippen molar-refractivity contribution in [3.8, 4) is 0 Å². The number of hydrogen-bond acceptors (Lipinski definition) is 1. The maximum atomic E-state index is 5.96. The van der Waals surface area contributed by atoms with E-state index < -0.39 is 0 Å². The highest BCUT2D eigenvalue weighted by molar-refractivity contribution is 6.31. The molecule has 1 aromatic heterocycles. The van der Waals surface area contributed by atoms with Gasteiger partial charge < -0.3 is 0 Å². The highest BCUT2D eigenvalue weighted by Crippen LogP contribution is 2.22. The van der Waals surface area contributed by atoms with E-state index in [9.17, 15) is 0 Å². The van der Waals surface area contributed by atoms with Crippen LogP contribution in [0.15, 0.2) is 42.5 Å². The molecule has 0 radical (unpaired) electrons. The van der Waals surface area contributed by atoms with E-state index in [4.69, 9.17) is 11.6 Å². The van der Waals surface area contributed by atoms with E-state index >= 15 is 0 Å². The quantitative estimate of drug-likeness (QED) is 0.521. The molecule has 0 unspecified atom stereocenters. The Bertz CT molecular complexity index is 632. The molecule has 1 nitrogen and oxygen atoms in total. The van der Waals surface area contributed by atoms with Crippen molar-refractivity contribution in [2.45, 2.75) is 6.92 Å². The van der Waals surface area contributed by atoms with Crippen molar-refractivity contribution < 1.29 is 0 Å². The summed E-state index contributed by atoms with van der Waals surface area (Å²) in [6.45, 7) is 2.07. The summed E-state index contributed by atoms with van der Waals surface area (Å²) in [6.07, 6.45) is 0. The fourth-order valence-corrected chi connectivity index (χ4v) is 2.07. The van der Waals surface area contributed by atoms with Crippen molar-refractivity contribution in [3.05, 3.63) is 53.1 Å². The van der Waals surface area contributed by atoms with E-state index in [2.05, 4.69) is 36.2 Å². The van der Waals surface area contributed by atoms with E-state index in [0.717, 1.165) is 21.4 Å². The van der Waals surface area contributed by atoms with Gasteiger partial charge in [0.05, 0.1) is 11.0 Å². The lowest BCUT2D eigenvalue weighted by atomic mass is 10.1. The first-order valence-corrected chi connectivity index (χ1v) is 5.57. The smallest absolute Gasteiger partial charge is 0.0724 e. The van der Waals surface area contributed by atoms with Gasteiger partial charge in [-0.1, -0.05) is 29.8 Å². The molecule has 3 rings (SSSR count). The zero-order chi connectivity index (χ0) is 11.1. The molecule has 3 aromatic rings. The van der Waals surface area contributed by atoms with Crippen molar-refractivity contribution in [2.24, 2.45) is 0 Å². The Morgan fingerprint density at radius 2 is 1.56 bits per heavy atom. The zero-order valence-electron chi connectivity index (χ0n) is 8.87. The molecular formula is C14H10ClN. The fraction of sp³-hybridized carbons (Fsp3) is 0.0714. The SMILES string of the molecule is Cc1ccc2cc3ccc(Cl)cc3nc2c1. The summed E-state index contributed by atoms with van der Waals surface area (Å²) >= 11 is 5.96. The van der Waals surface area contributed by atoms with Crippen molar-refractivity contribution in [1.29, 1.82) is 0 Å². The Balaban J connectivity index is 2.44. The first kappa shape index (κ1) is 9.61. The number of aromatic nitrogens is 1. The molecular weight excluding hydrogens is 218 g/mol. The molecule has 2 heteroatoms. The van der Waals surface area contributed by atoms with Crippen LogP contribution >= 0.6 is 11.6 Å². The Hall–Kier alpha value is -1.60. The topological polar surface area (TPSA) is 12.9 Å². The Morgan fingerprint density at radius 3 is 2.38 bits per heavy atom.